The molecule has 102 valence electrons. The van der Waals surface area contributed by atoms with E-state index in [1.165, 1.54) is 12.8 Å². The van der Waals surface area contributed by atoms with Gasteiger partial charge in [0.1, 0.15) is 5.75 Å². The highest BCUT2D eigenvalue weighted by atomic mass is 32.2. The van der Waals surface area contributed by atoms with Crippen molar-refractivity contribution in [1.82, 2.24) is 5.32 Å². The van der Waals surface area contributed by atoms with Crippen molar-refractivity contribution in [2.45, 2.75) is 32.1 Å². The zero-order valence-corrected chi connectivity index (χ0v) is 11.1. The van der Waals surface area contributed by atoms with Crippen LogP contribution in [0, 0.1) is 11.3 Å². The number of carboxylic acid groups (broad SMARTS) is 1. The lowest BCUT2D eigenvalue weighted by Gasteiger charge is -2.11. The molecule has 0 aromatic carbocycles. The molecule has 1 atom stereocenters. The SMILES string of the molecule is O=C(O)CC1(CS(=O)CC(=O)NCC2CC2)CC1. The Bertz CT molecular complexity index is 374. The van der Waals surface area contributed by atoms with Gasteiger partial charge in [0.05, 0.1) is 6.42 Å². The third kappa shape index (κ3) is 4.40. The topological polar surface area (TPSA) is 83.5 Å². The van der Waals surface area contributed by atoms with Crippen LogP contribution < -0.4 is 5.32 Å². The average molecular weight is 273 g/mol. The molecular formula is C12H19NO4S. The van der Waals surface area contributed by atoms with Crippen molar-refractivity contribution in [3.8, 4) is 0 Å². The van der Waals surface area contributed by atoms with E-state index in [1.54, 1.807) is 0 Å². The second-order valence-electron chi connectivity index (χ2n) is 5.55. The van der Waals surface area contributed by atoms with E-state index in [1.807, 2.05) is 0 Å². The summed E-state index contributed by atoms with van der Waals surface area (Å²) in [6.07, 6.45) is 4.04. The lowest BCUT2D eigenvalue weighted by Crippen LogP contribution is -2.31. The molecule has 0 radical (unpaired) electrons. The Labute approximate surface area is 109 Å². The zero-order chi connectivity index (χ0) is 13.2. The molecule has 0 spiro atoms. The highest BCUT2D eigenvalue weighted by molar-refractivity contribution is 7.85. The first-order chi connectivity index (χ1) is 8.49. The third-order valence-corrected chi connectivity index (χ3v) is 5.05. The van der Waals surface area contributed by atoms with Gasteiger partial charge in [0, 0.05) is 23.1 Å². The van der Waals surface area contributed by atoms with Crippen LogP contribution in [0.25, 0.3) is 0 Å². The summed E-state index contributed by atoms with van der Waals surface area (Å²) in [5.41, 5.74) is -0.298. The summed E-state index contributed by atoms with van der Waals surface area (Å²) >= 11 is 0. The molecule has 0 aromatic heterocycles. The predicted molar refractivity (Wildman–Crippen MR) is 67.5 cm³/mol. The van der Waals surface area contributed by atoms with Gasteiger partial charge in [-0.1, -0.05) is 0 Å². The van der Waals surface area contributed by atoms with E-state index in [0.717, 1.165) is 12.8 Å². The van der Waals surface area contributed by atoms with Gasteiger partial charge in [-0.15, -0.1) is 0 Å². The van der Waals surface area contributed by atoms with E-state index in [2.05, 4.69) is 5.32 Å². The lowest BCUT2D eigenvalue weighted by molar-refractivity contribution is -0.138. The maximum absolute atomic E-state index is 11.8. The van der Waals surface area contributed by atoms with Crippen LogP contribution in [0.2, 0.25) is 0 Å². The summed E-state index contributed by atoms with van der Waals surface area (Å²) in [6, 6.07) is 0. The summed E-state index contributed by atoms with van der Waals surface area (Å²) in [6.45, 7) is 0.691. The molecule has 18 heavy (non-hydrogen) atoms. The van der Waals surface area contributed by atoms with E-state index in [4.69, 9.17) is 5.11 Å². The number of carbonyl (C=O) groups is 2. The highest BCUT2D eigenvalue weighted by Gasteiger charge is 2.45. The molecule has 2 rings (SSSR count). The van der Waals surface area contributed by atoms with Crippen molar-refractivity contribution in [3.63, 3.8) is 0 Å². The van der Waals surface area contributed by atoms with Gasteiger partial charge in [-0.2, -0.15) is 0 Å². The number of hydrogen-bond acceptors (Lipinski definition) is 3. The maximum Gasteiger partial charge on any atom is 0.303 e. The van der Waals surface area contributed by atoms with E-state index in [-0.39, 0.29) is 23.5 Å². The summed E-state index contributed by atoms with van der Waals surface area (Å²) in [7, 11) is -1.24. The average Bonchev–Trinajstić information content (AvgIpc) is 3.11. The first-order valence-electron chi connectivity index (χ1n) is 6.33. The van der Waals surface area contributed by atoms with Crippen molar-refractivity contribution in [1.29, 1.82) is 0 Å². The van der Waals surface area contributed by atoms with Crippen LogP contribution in [-0.2, 0) is 20.4 Å². The molecule has 0 heterocycles. The Morgan fingerprint density at radius 3 is 2.50 bits per heavy atom. The second kappa shape index (κ2) is 5.38. The quantitative estimate of drug-likeness (QED) is 0.675. The minimum atomic E-state index is -1.24. The molecule has 0 saturated heterocycles. The van der Waals surface area contributed by atoms with E-state index < -0.39 is 16.8 Å². The first-order valence-corrected chi connectivity index (χ1v) is 7.81. The van der Waals surface area contributed by atoms with Crippen LogP contribution in [0.4, 0.5) is 0 Å². The fourth-order valence-electron chi connectivity index (χ4n) is 2.04. The number of rotatable bonds is 8. The van der Waals surface area contributed by atoms with Crippen LogP contribution in [0.15, 0.2) is 0 Å². The Balaban J connectivity index is 1.67. The van der Waals surface area contributed by atoms with Crippen LogP contribution in [0.3, 0.4) is 0 Å². The van der Waals surface area contributed by atoms with Gasteiger partial charge >= 0.3 is 5.97 Å². The molecule has 6 heteroatoms. The van der Waals surface area contributed by atoms with E-state index in [9.17, 15) is 13.8 Å². The molecule has 2 fully saturated rings. The van der Waals surface area contributed by atoms with E-state index in [0.29, 0.717) is 18.2 Å². The largest absolute Gasteiger partial charge is 0.481 e. The van der Waals surface area contributed by atoms with Gasteiger partial charge in [0.15, 0.2) is 0 Å². The molecule has 2 saturated carbocycles. The van der Waals surface area contributed by atoms with Gasteiger partial charge in [0.2, 0.25) is 5.91 Å². The normalized spacial score (nSPS) is 22.2. The molecule has 0 bridgehead atoms. The number of aliphatic carboxylic acids is 1. The minimum absolute atomic E-state index is 0.00802. The number of carboxylic acids is 1. The van der Waals surface area contributed by atoms with Crippen molar-refractivity contribution >= 4 is 22.7 Å². The fourth-order valence-corrected chi connectivity index (χ4v) is 3.61. The summed E-state index contributed by atoms with van der Waals surface area (Å²) in [4.78, 5) is 22.2. The number of nitrogens with one attached hydrogen (secondary N) is 1. The molecule has 1 unspecified atom stereocenters. The molecule has 1 amide bonds. The van der Waals surface area contributed by atoms with Gasteiger partial charge < -0.3 is 10.4 Å². The molecule has 2 aliphatic carbocycles. The van der Waals surface area contributed by atoms with Crippen molar-refractivity contribution in [3.05, 3.63) is 0 Å². The standard InChI is InChI=1S/C12H19NO4S/c14-10(13-6-9-1-2-9)7-18(17)8-12(3-4-12)5-11(15)16/h9H,1-8H2,(H,13,14)(H,15,16). The van der Waals surface area contributed by atoms with Crippen LogP contribution in [0.1, 0.15) is 32.1 Å². The van der Waals surface area contributed by atoms with Gasteiger partial charge in [-0.25, -0.2) is 0 Å². The van der Waals surface area contributed by atoms with E-state index >= 15 is 0 Å². The Hall–Kier alpha value is -0.910. The highest BCUT2D eigenvalue weighted by Crippen LogP contribution is 2.49. The molecule has 2 N–H and O–H groups in total. The second-order valence-corrected chi connectivity index (χ2v) is 7.00. The first kappa shape index (κ1) is 13.5. The maximum atomic E-state index is 11.8. The monoisotopic (exact) mass is 273 g/mol. The molecule has 5 nitrogen and oxygen atoms in total. The molecule has 0 aromatic rings. The molecule has 2 aliphatic rings. The predicted octanol–water partition coefficient (Wildman–Crippen LogP) is 0.516. The summed E-state index contributed by atoms with van der Waals surface area (Å²) in [5, 5.41) is 11.5. The van der Waals surface area contributed by atoms with Crippen LogP contribution in [-0.4, -0.2) is 39.2 Å². The Morgan fingerprint density at radius 1 is 1.33 bits per heavy atom. The summed E-state index contributed by atoms with van der Waals surface area (Å²) < 4.78 is 11.8. The minimum Gasteiger partial charge on any atom is -0.481 e. The van der Waals surface area contributed by atoms with Gasteiger partial charge in [-0.05, 0) is 37.0 Å². The van der Waals surface area contributed by atoms with Crippen LogP contribution >= 0.6 is 0 Å². The van der Waals surface area contributed by atoms with Gasteiger partial charge in [-0.3, -0.25) is 13.8 Å². The Kier molecular flexibility index (Phi) is 4.04. The number of carbonyl (C=O) groups excluding carboxylic acids is 1. The molecular weight excluding hydrogens is 254 g/mol. The third-order valence-electron chi connectivity index (χ3n) is 3.53. The fraction of sp³-hybridized carbons (Fsp3) is 0.833. The molecule has 0 aliphatic heterocycles. The lowest BCUT2D eigenvalue weighted by atomic mass is 10.1. The van der Waals surface area contributed by atoms with Crippen molar-refractivity contribution < 1.29 is 18.9 Å². The van der Waals surface area contributed by atoms with Gasteiger partial charge in [0.25, 0.3) is 0 Å². The Morgan fingerprint density at radius 2 is 2.00 bits per heavy atom. The summed E-state index contributed by atoms with van der Waals surface area (Å²) in [5.74, 6) is -0.0530. The van der Waals surface area contributed by atoms with Crippen LogP contribution in [0.5, 0.6) is 0 Å². The van der Waals surface area contributed by atoms with Crippen molar-refractivity contribution in [2.75, 3.05) is 18.1 Å². The smallest absolute Gasteiger partial charge is 0.303 e. The zero-order valence-electron chi connectivity index (χ0n) is 10.3. The van der Waals surface area contributed by atoms with Crippen molar-refractivity contribution in [2.24, 2.45) is 11.3 Å². The number of hydrogen-bond donors (Lipinski definition) is 2. The number of amides is 1.